The Balaban J connectivity index is 1.91. The number of rotatable bonds is 5. The molecule has 4 N–H and O–H groups in total. The molecule has 2 rings (SSSR count). The minimum Gasteiger partial charge on any atom is -0.324 e. The molecule has 0 amide bonds. The molecule has 0 spiro atoms. The lowest BCUT2D eigenvalue weighted by Gasteiger charge is -2.16. The summed E-state index contributed by atoms with van der Waals surface area (Å²) in [7, 11) is 0. The van der Waals surface area contributed by atoms with Gasteiger partial charge in [-0.1, -0.05) is 47.5 Å². The molecule has 0 aliphatic heterocycles. The van der Waals surface area contributed by atoms with E-state index in [0.29, 0.717) is 0 Å². The molecule has 0 heterocycles. The van der Waals surface area contributed by atoms with Crippen LogP contribution >= 0.6 is 23.2 Å². The summed E-state index contributed by atoms with van der Waals surface area (Å²) in [6.07, 6.45) is 1.65. The van der Waals surface area contributed by atoms with Gasteiger partial charge in [-0.15, -0.1) is 0 Å². The van der Waals surface area contributed by atoms with E-state index >= 15 is 0 Å². The molecule has 2 aromatic carbocycles. The normalized spacial score (nSPS) is 14.0. The van der Waals surface area contributed by atoms with Crippen LogP contribution < -0.4 is 11.5 Å². The molecular formula is C16H18Cl2N2. The quantitative estimate of drug-likeness (QED) is 0.856. The van der Waals surface area contributed by atoms with Crippen molar-refractivity contribution in [3.8, 4) is 0 Å². The van der Waals surface area contributed by atoms with Crippen LogP contribution in [0.1, 0.15) is 36.1 Å². The zero-order valence-corrected chi connectivity index (χ0v) is 12.6. The Hall–Kier alpha value is -1.06. The van der Waals surface area contributed by atoms with Crippen LogP contribution in [0.15, 0.2) is 48.5 Å². The summed E-state index contributed by atoms with van der Waals surface area (Å²) in [6.45, 7) is 0. The van der Waals surface area contributed by atoms with Crippen molar-refractivity contribution < 1.29 is 0 Å². The largest absolute Gasteiger partial charge is 0.324 e. The average molecular weight is 309 g/mol. The van der Waals surface area contributed by atoms with Gasteiger partial charge in [0.15, 0.2) is 0 Å². The molecule has 0 saturated heterocycles. The van der Waals surface area contributed by atoms with Gasteiger partial charge < -0.3 is 11.5 Å². The highest BCUT2D eigenvalue weighted by Gasteiger charge is 2.11. The van der Waals surface area contributed by atoms with E-state index in [-0.39, 0.29) is 12.1 Å². The lowest BCUT2D eigenvalue weighted by molar-refractivity contribution is 0.546. The summed E-state index contributed by atoms with van der Waals surface area (Å²) in [5.41, 5.74) is 14.5. The van der Waals surface area contributed by atoms with Crippen LogP contribution in [-0.2, 0) is 0 Å². The van der Waals surface area contributed by atoms with Gasteiger partial charge in [-0.2, -0.15) is 0 Å². The van der Waals surface area contributed by atoms with Crippen molar-refractivity contribution in [1.82, 2.24) is 0 Å². The zero-order chi connectivity index (χ0) is 14.5. The average Bonchev–Trinajstić information content (AvgIpc) is 2.46. The summed E-state index contributed by atoms with van der Waals surface area (Å²) in [5, 5.41) is 1.44. The molecule has 0 fully saturated rings. The lowest BCUT2D eigenvalue weighted by atomic mass is 9.97. The van der Waals surface area contributed by atoms with Crippen LogP contribution in [0.5, 0.6) is 0 Å². The van der Waals surface area contributed by atoms with E-state index in [4.69, 9.17) is 34.7 Å². The minimum atomic E-state index is -0.0226. The third kappa shape index (κ3) is 4.22. The Kier molecular flexibility index (Phi) is 5.44. The van der Waals surface area contributed by atoms with E-state index in [1.807, 2.05) is 48.5 Å². The maximum atomic E-state index is 6.18. The summed E-state index contributed by atoms with van der Waals surface area (Å²) in [6, 6.07) is 15.2. The summed E-state index contributed by atoms with van der Waals surface area (Å²) in [5.74, 6) is 0. The fourth-order valence-electron chi connectivity index (χ4n) is 2.11. The summed E-state index contributed by atoms with van der Waals surface area (Å²) >= 11 is 11.7. The van der Waals surface area contributed by atoms with E-state index in [1.165, 1.54) is 0 Å². The molecule has 4 heteroatoms. The van der Waals surface area contributed by atoms with E-state index in [0.717, 1.165) is 34.0 Å². The van der Waals surface area contributed by atoms with Crippen molar-refractivity contribution in [3.05, 3.63) is 69.7 Å². The predicted octanol–water partition coefficient (Wildman–Crippen LogP) is 4.47. The molecule has 0 aliphatic carbocycles. The molecule has 0 unspecified atom stereocenters. The Morgan fingerprint density at radius 2 is 0.950 bits per heavy atom. The van der Waals surface area contributed by atoms with Crippen LogP contribution in [0.2, 0.25) is 10.0 Å². The first-order valence-electron chi connectivity index (χ1n) is 6.58. The van der Waals surface area contributed by atoms with Gasteiger partial charge in [-0.05, 0) is 48.2 Å². The van der Waals surface area contributed by atoms with Crippen LogP contribution in [-0.4, -0.2) is 0 Å². The molecule has 2 atom stereocenters. The summed E-state index contributed by atoms with van der Waals surface area (Å²) < 4.78 is 0. The van der Waals surface area contributed by atoms with Crippen molar-refractivity contribution in [1.29, 1.82) is 0 Å². The zero-order valence-electron chi connectivity index (χ0n) is 11.1. The topological polar surface area (TPSA) is 52.0 Å². The van der Waals surface area contributed by atoms with Gasteiger partial charge in [0.05, 0.1) is 0 Å². The first-order chi connectivity index (χ1) is 9.56. The number of halogens is 2. The second-order valence-corrected chi connectivity index (χ2v) is 5.77. The van der Waals surface area contributed by atoms with Gasteiger partial charge in [0.1, 0.15) is 0 Å². The minimum absolute atomic E-state index is 0.0226. The van der Waals surface area contributed by atoms with E-state index in [1.54, 1.807) is 0 Å². The third-order valence-corrected chi connectivity index (χ3v) is 3.89. The van der Waals surface area contributed by atoms with E-state index in [2.05, 4.69) is 0 Å². The monoisotopic (exact) mass is 308 g/mol. The number of hydrogen-bond acceptors (Lipinski definition) is 2. The Morgan fingerprint density at radius 1 is 0.650 bits per heavy atom. The smallest absolute Gasteiger partial charge is 0.0406 e. The van der Waals surface area contributed by atoms with E-state index in [9.17, 15) is 0 Å². The van der Waals surface area contributed by atoms with Gasteiger partial charge in [0.25, 0.3) is 0 Å². The molecule has 0 aromatic heterocycles. The van der Waals surface area contributed by atoms with Gasteiger partial charge in [0.2, 0.25) is 0 Å². The maximum absolute atomic E-state index is 6.18. The predicted molar refractivity (Wildman–Crippen MR) is 86.0 cm³/mol. The van der Waals surface area contributed by atoms with Crippen molar-refractivity contribution in [2.45, 2.75) is 24.9 Å². The lowest BCUT2D eigenvalue weighted by Crippen LogP contribution is -2.16. The Bertz CT molecular complexity index is 486. The van der Waals surface area contributed by atoms with Crippen molar-refractivity contribution in [3.63, 3.8) is 0 Å². The highest BCUT2D eigenvalue weighted by atomic mass is 35.5. The Morgan fingerprint density at radius 3 is 1.25 bits per heavy atom. The molecule has 106 valence electrons. The van der Waals surface area contributed by atoms with Crippen molar-refractivity contribution >= 4 is 23.2 Å². The van der Waals surface area contributed by atoms with Crippen molar-refractivity contribution in [2.75, 3.05) is 0 Å². The van der Waals surface area contributed by atoms with Crippen LogP contribution in [0.4, 0.5) is 0 Å². The third-order valence-electron chi connectivity index (χ3n) is 3.38. The standard InChI is InChI=1S/C16H18Cl2N2/c17-13-5-1-11(2-6-13)15(19)9-10-16(20)12-3-7-14(18)8-4-12/h1-8,15-16H,9-10,19-20H2/t15-,16-/m1/s1. The van der Waals surface area contributed by atoms with Gasteiger partial charge in [-0.3, -0.25) is 0 Å². The second kappa shape index (κ2) is 7.09. The number of nitrogens with two attached hydrogens (primary N) is 2. The fourth-order valence-corrected chi connectivity index (χ4v) is 2.36. The van der Waals surface area contributed by atoms with Crippen LogP contribution in [0.25, 0.3) is 0 Å². The molecule has 0 bridgehead atoms. The summed E-state index contributed by atoms with van der Waals surface area (Å²) in [4.78, 5) is 0. The van der Waals surface area contributed by atoms with Crippen molar-refractivity contribution in [2.24, 2.45) is 11.5 Å². The number of benzene rings is 2. The molecule has 2 nitrogen and oxygen atoms in total. The van der Waals surface area contributed by atoms with Gasteiger partial charge in [-0.25, -0.2) is 0 Å². The maximum Gasteiger partial charge on any atom is 0.0406 e. The first kappa shape index (κ1) is 15.3. The highest BCUT2D eigenvalue weighted by molar-refractivity contribution is 6.30. The van der Waals surface area contributed by atoms with Crippen LogP contribution in [0, 0.1) is 0 Å². The van der Waals surface area contributed by atoms with Gasteiger partial charge in [0, 0.05) is 22.1 Å². The Labute approximate surface area is 129 Å². The molecule has 0 saturated carbocycles. The first-order valence-corrected chi connectivity index (χ1v) is 7.34. The second-order valence-electron chi connectivity index (χ2n) is 4.89. The molecular weight excluding hydrogens is 291 g/mol. The molecule has 2 aromatic rings. The molecule has 0 radical (unpaired) electrons. The SMILES string of the molecule is N[C@H](CC[C@@H](N)c1ccc(Cl)cc1)c1ccc(Cl)cc1. The molecule has 0 aliphatic rings. The molecule has 20 heavy (non-hydrogen) atoms. The fraction of sp³-hybridized carbons (Fsp3) is 0.250. The highest BCUT2D eigenvalue weighted by Crippen LogP contribution is 2.24. The van der Waals surface area contributed by atoms with E-state index < -0.39 is 0 Å². The number of hydrogen-bond donors (Lipinski definition) is 2. The van der Waals surface area contributed by atoms with Crippen LogP contribution in [0.3, 0.4) is 0 Å². The van der Waals surface area contributed by atoms with Gasteiger partial charge >= 0.3 is 0 Å².